The summed E-state index contributed by atoms with van der Waals surface area (Å²) in [6.45, 7) is 0. The van der Waals surface area contributed by atoms with Gasteiger partial charge in [-0.15, -0.1) is 0 Å². The molecule has 0 aliphatic heterocycles. The number of Topliss-reactive ketones (excluding diaryl/α,β-unsaturated/α-hetero) is 1. The molecule has 0 saturated heterocycles. The minimum absolute atomic E-state index is 0.0259. The first-order valence-corrected chi connectivity index (χ1v) is 5.41. The molecule has 0 aliphatic rings. The van der Waals surface area contributed by atoms with Crippen LogP contribution in [0.25, 0.3) is 0 Å². The lowest BCUT2D eigenvalue weighted by atomic mass is 10.2. The summed E-state index contributed by atoms with van der Waals surface area (Å²) < 4.78 is 45.6. The summed E-state index contributed by atoms with van der Waals surface area (Å²) in [5.74, 6) is -4.31. The van der Waals surface area contributed by atoms with Crippen molar-refractivity contribution < 1.29 is 31.9 Å². The van der Waals surface area contributed by atoms with Gasteiger partial charge in [-0.1, -0.05) is 11.8 Å². The van der Waals surface area contributed by atoms with Gasteiger partial charge in [-0.05, 0) is 6.26 Å². The summed E-state index contributed by atoms with van der Waals surface area (Å²) in [7, 11) is 0.996. The van der Waals surface area contributed by atoms with Gasteiger partial charge in [0.25, 0.3) is 0 Å². The fourth-order valence-corrected chi connectivity index (χ4v) is 1.43. The molecule has 0 unspecified atom stereocenters. The molecule has 17 heavy (non-hydrogen) atoms. The van der Waals surface area contributed by atoms with Gasteiger partial charge in [0.1, 0.15) is 5.56 Å². The molecule has 1 aromatic rings. The number of halogens is 3. The molecule has 1 rings (SSSR count). The minimum atomic E-state index is -5.10. The second-order valence-corrected chi connectivity index (χ2v) is 3.64. The molecule has 0 N–H and O–H groups in total. The molecule has 0 spiro atoms. The van der Waals surface area contributed by atoms with E-state index in [0.29, 0.717) is 0 Å². The van der Waals surface area contributed by atoms with Crippen LogP contribution in [0.1, 0.15) is 20.9 Å². The number of rotatable bonds is 3. The topological polar surface area (TPSA) is 56.5 Å². The maximum absolute atomic E-state index is 12.2. The third-order valence-electron chi connectivity index (χ3n) is 1.78. The average molecular weight is 268 g/mol. The zero-order valence-corrected chi connectivity index (χ0v) is 9.57. The van der Waals surface area contributed by atoms with E-state index < -0.39 is 29.3 Å². The van der Waals surface area contributed by atoms with Gasteiger partial charge in [0, 0.05) is 6.07 Å². The highest BCUT2D eigenvalue weighted by Crippen LogP contribution is 2.29. The van der Waals surface area contributed by atoms with Crippen molar-refractivity contribution >= 4 is 23.5 Å². The Kier molecular flexibility index (Phi) is 3.87. The van der Waals surface area contributed by atoms with E-state index in [9.17, 15) is 22.8 Å². The van der Waals surface area contributed by atoms with Crippen molar-refractivity contribution in [3.8, 4) is 0 Å². The van der Waals surface area contributed by atoms with E-state index in [1.54, 1.807) is 0 Å². The number of carbonyl (C=O) groups is 2. The number of hydrogen-bond donors (Lipinski definition) is 0. The van der Waals surface area contributed by atoms with Gasteiger partial charge in [-0.25, -0.2) is 4.79 Å². The predicted octanol–water partition coefficient (Wildman–Crippen LogP) is 2.53. The number of furan rings is 1. The van der Waals surface area contributed by atoms with E-state index in [-0.39, 0.29) is 5.09 Å². The van der Waals surface area contributed by atoms with Crippen molar-refractivity contribution in [1.29, 1.82) is 0 Å². The lowest BCUT2D eigenvalue weighted by molar-refractivity contribution is -0.0901. The second-order valence-electron chi connectivity index (χ2n) is 2.83. The van der Waals surface area contributed by atoms with Gasteiger partial charge >= 0.3 is 17.9 Å². The standard InChI is InChI=1S/C9H7F3O4S/c1-15-8(14)4-3-5(17-2)16-6(4)7(13)9(10,11)12/h3H,1-2H3. The van der Waals surface area contributed by atoms with E-state index in [1.807, 2.05) is 0 Å². The van der Waals surface area contributed by atoms with Gasteiger partial charge in [0.05, 0.1) is 7.11 Å². The first-order valence-electron chi connectivity index (χ1n) is 4.19. The normalized spacial score (nSPS) is 11.4. The molecular weight excluding hydrogens is 261 g/mol. The molecule has 1 heterocycles. The molecule has 8 heteroatoms. The highest BCUT2D eigenvalue weighted by atomic mass is 32.2. The number of carbonyl (C=O) groups excluding carboxylic acids is 2. The van der Waals surface area contributed by atoms with Crippen molar-refractivity contribution in [2.75, 3.05) is 13.4 Å². The number of methoxy groups -OCH3 is 1. The number of ether oxygens (including phenoxy) is 1. The number of ketones is 1. The third-order valence-corrected chi connectivity index (χ3v) is 2.38. The smallest absolute Gasteiger partial charge is 0.458 e. The SMILES string of the molecule is COC(=O)c1cc(SC)oc1C(=O)C(F)(F)F. The molecule has 1 aromatic heterocycles. The maximum atomic E-state index is 12.2. The summed E-state index contributed by atoms with van der Waals surface area (Å²) in [6, 6.07) is 1.04. The van der Waals surface area contributed by atoms with Crippen molar-refractivity contribution in [2.24, 2.45) is 0 Å². The first kappa shape index (κ1) is 13.6. The van der Waals surface area contributed by atoms with Gasteiger partial charge in [0.2, 0.25) is 0 Å². The van der Waals surface area contributed by atoms with E-state index in [1.165, 1.54) is 6.26 Å². The van der Waals surface area contributed by atoms with Crippen LogP contribution in [0.3, 0.4) is 0 Å². The van der Waals surface area contributed by atoms with Crippen LogP contribution >= 0.6 is 11.8 Å². The predicted molar refractivity (Wildman–Crippen MR) is 52.2 cm³/mol. The first-order chi connectivity index (χ1) is 7.81. The third kappa shape index (κ3) is 2.82. The fraction of sp³-hybridized carbons (Fsp3) is 0.333. The van der Waals surface area contributed by atoms with Crippen LogP contribution in [0.15, 0.2) is 15.6 Å². The monoisotopic (exact) mass is 268 g/mol. The molecule has 0 amide bonds. The van der Waals surface area contributed by atoms with E-state index >= 15 is 0 Å². The van der Waals surface area contributed by atoms with Crippen LogP contribution in [0, 0.1) is 0 Å². The Morgan fingerprint density at radius 1 is 1.41 bits per heavy atom. The summed E-state index contributed by atoms with van der Waals surface area (Å²) in [5, 5.41) is 0.0259. The quantitative estimate of drug-likeness (QED) is 0.479. The van der Waals surface area contributed by atoms with Crippen LogP contribution in [-0.2, 0) is 4.74 Å². The van der Waals surface area contributed by atoms with Gasteiger partial charge in [-0.3, -0.25) is 4.79 Å². The summed E-state index contributed by atoms with van der Waals surface area (Å²) >= 11 is 0.966. The molecule has 0 bridgehead atoms. The molecule has 0 fully saturated rings. The van der Waals surface area contributed by atoms with E-state index in [0.717, 1.165) is 24.9 Å². The van der Waals surface area contributed by atoms with Gasteiger partial charge in [-0.2, -0.15) is 13.2 Å². The maximum Gasteiger partial charge on any atom is 0.458 e. The van der Waals surface area contributed by atoms with E-state index in [4.69, 9.17) is 0 Å². The van der Waals surface area contributed by atoms with Crippen molar-refractivity contribution in [2.45, 2.75) is 11.3 Å². The van der Waals surface area contributed by atoms with Crippen LogP contribution in [-0.4, -0.2) is 31.3 Å². The number of alkyl halides is 3. The summed E-state index contributed by atoms with van der Waals surface area (Å²) in [5.41, 5.74) is -0.529. The summed E-state index contributed by atoms with van der Waals surface area (Å²) in [4.78, 5) is 22.2. The van der Waals surface area contributed by atoms with Crippen LogP contribution in [0.5, 0.6) is 0 Å². The van der Waals surface area contributed by atoms with Crippen molar-refractivity contribution in [3.05, 3.63) is 17.4 Å². The highest BCUT2D eigenvalue weighted by Gasteiger charge is 2.44. The van der Waals surface area contributed by atoms with Crippen molar-refractivity contribution in [3.63, 3.8) is 0 Å². The molecule has 4 nitrogen and oxygen atoms in total. The lowest BCUT2D eigenvalue weighted by Crippen LogP contribution is -2.24. The van der Waals surface area contributed by atoms with Crippen molar-refractivity contribution in [1.82, 2.24) is 0 Å². The number of hydrogen-bond acceptors (Lipinski definition) is 5. The largest absolute Gasteiger partial charge is 0.465 e. The molecule has 0 aromatic carbocycles. The Bertz CT molecular complexity index is 450. The van der Waals surface area contributed by atoms with E-state index in [2.05, 4.69) is 9.15 Å². The Balaban J connectivity index is 3.27. The van der Waals surface area contributed by atoms with Crippen LogP contribution in [0.2, 0.25) is 0 Å². The summed E-state index contributed by atoms with van der Waals surface area (Å²) in [6.07, 6.45) is -3.57. The van der Waals surface area contributed by atoms with Gasteiger partial charge in [0.15, 0.2) is 10.9 Å². The molecule has 0 atom stereocenters. The van der Waals surface area contributed by atoms with Crippen LogP contribution in [0.4, 0.5) is 13.2 Å². The Hall–Kier alpha value is -1.44. The highest BCUT2D eigenvalue weighted by molar-refractivity contribution is 7.98. The molecule has 0 saturated carbocycles. The second kappa shape index (κ2) is 4.82. The van der Waals surface area contributed by atoms with Gasteiger partial charge < -0.3 is 9.15 Å². The number of esters is 1. The minimum Gasteiger partial charge on any atom is -0.465 e. The lowest BCUT2D eigenvalue weighted by Gasteiger charge is -2.03. The fourth-order valence-electron chi connectivity index (χ4n) is 1.03. The zero-order valence-electron chi connectivity index (χ0n) is 8.75. The Morgan fingerprint density at radius 3 is 2.41 bits per heavy atom. The number of thioether (sulfide) groups is 1. The molecule has 94 valence electrons. The molecule has 0 radical (unpaired) electrons. The zero-order chi connectivity index (χ0) is 13.2. The molecular formula is C9H7F3O4S. The molecule has 0 aliphatic carbocycles. The Labute approximate surface area is 98.1 Å². The average Bonchev–Trinajstić information content (AvgIpc) is 2.69. The Morgan fingerprint density at radius 2 is 2.00 bits per heavy atom. The van der Waals surface area contributed by atoms with Crippen LogP contribution < -0.4 is 0 Å².